The van der Waals surface area contributed by atoms with E-state index >= 15 is 0 Å². The average Bonchev–Trinajstić information content (AvgIpc) is 2.80. The Bertz CT molecular complexity index is 541. The van der Waals surface area contributed by atoms with Crippen molar-refractivity contribution in [2.24, 2.45) is 0 Å². The molecular formula is C15H15BrO3. The summed E-state index contributed by atoms with van der Waals surface area (Å²) in [5, 5.41) is 9.33. The van der Waals surface area contributed by atoms with E-state index in [4.69, 9.17) is 4.74 Å². The first kappa shape index (κ1) is 14.0. The van der Waals surface area contributed by atoms with Crippen molar-refractivity contribution in [2.45, 2.75) is 13.3 Å². The molecule has 0 atom stereocenters. The molecule has 0 heterocycles. The molecule has 0 aromatic heterocycles. The van der Waals surface area contributed by atoms with Gasteiger partial charge in [0.05, 0.1) is 18.8 Å². The Labute approximate surface area is 120 Å². The molecule has 0 bridgehead atoms. The fourth-order valence-electron chi connectivity index (χ4n) is 2.06. The van der Waals surface area contributed by atoms with E-state index in [1.165, 1.54) is 0 Å². The quantitative estimate of drug-likeness (QED) is 0.865. The molecule has 1 aromatic rings. The standard InChI is InChI=1S/C15H15BrO3/c1-2-19-15(18)11-5-3-10(4-6-11)14-8-13(16)7-12(14)9-17/h3-7,17H,2,8-9H2,1H3. The summed E-state index contributed by atoms with van der Waals surface area (Å²) in [6, 6.07) is 7.27. The highest BCUT2D eigenvalue weighted by Crippen LogP contribution is 2.35. The zero-order valence-electron chi connectivity index (χ0n) is 10.6. The minimum Gasteiger partial charge on any atom is -0.462 e. The number of hydrogen-bond donors (Lipinski definition) is 1. The Morgan fingerprint density at radius 3 is 2.63 bits per heavy atom. The van der Waals surface area contributed by atoms with E-state index in [1.54, 1.807) is 19.1 Å². The number of aliphatic hydroxyl groups is 1. The van der Waals surface area contributed by atoms with Gasteiger partial charge in [-0.3, -0.25) is 0 Å². The summed E-state index contributed by atoms with van der Waals surface area (Å²) in [4.78, 5) is 11.6. The monoisotopic (exact) mass is 322 g/mol. The summed E-state index contributed by atoms with van der Waals surface area (Å²) in [6.07, 6.45) is 2.71. The predicted molar refractivity (Wildman–Crippen MR) is 78.0 cm³/mol. The highest BCUT2D eigenvalue weighted by molar-refractivity contribution is 9.11. The number of halogens is 1. The van der Waals surface area contributed by atoms with Gasteiger partial charge in [-0.1, -0.05) is 28.1 Å². The highest BCUT2D eigenvalue weighted by atomic mass is 79.9. The van der Waals surface area contributed by atoms with Crippen LogP contribution in [0.15, 0.2) is 40.4 Å². The molecule has 0 amide bonds. The fraction of sp³-hybridized carbons (Fsp3) is 0.267. The first-order chi connectivity index (χ1) is 9.15. The van der Waals surface area contributed by atoms with Gasteiger partial charge in [-0.15, -0.1) is 0 Å². The van der Waals surface area contributed by atoms with Crippen molar-refractivity contribution in [1.82, 2.24) is 0 Å². The number of esters is 1. The van der Waals surface area contributed by atoms with Crippen molar-refractivity contribution in [3.63, 3.8) is 0 Å². The summed E-state index contributed by atoms with van der Waals surface area (Å²) < 4.78 is 6.00. The van der Waals surface area contributed by atoms with Crippen LogP contribution in [0.4, 0.5) is 0 Å². The van der Waals surface area contributed by atoms with Gasteiger partial charge in [0, 0.05) is 6.42 Å². The predicted octanol–water partition coefficient (Wildman–Crippen LogP) is 3.29. The van der Waals surface area contributed by atoms with Crippen LogP contribution in [0.1, 0.15) is 29.3 Å². The lowest BCUT2D eigenvalue weighted by atomic mass is 10.0. The molecular weight excluding hydrogens is 308 g/mol. The van der Waals surface area contributed by atoms with Crippen LogP contribution in [-0.2, 0) is 4.74 Å². The van der Waals surface area contributed by atoms with Gasteiger partial charge in [-0.25, -0.2) is 4.79 Å². The van der Waals surface area contributed by atoms with E-state index in [-0.39, 0.29) is 12.6 Å². The van der Waals surface area contributed by atoms with Crippen molar-refractivity contribution in [1.29, 1.82) is 0 Å². The first-order valence-corrected chi connectivity index (χ1v) is 6.91. The molecule has 19 heavy (non-hydrogen) atoms. The molecule has 0 unspecified atom stereocenters. The second-order valence-electron chi connectivity index (χ2n) is 4.23. The van der Waals surface area contributed by atoms with E-state index in [1.807, 2.05) is 18.2 Å². The number of rotatable bonds is 4. The zero-order chi connectivity index (χ0) is 13.8. The van der Waals surface area contributed by atoms with Gasteiger partial charge in [0.2, 0.25) is 0 Å². The molecule has 1 aliphatic carbocycles. The Kier molecular flexibility index (Phi) is 4.56. The maximum absolute atomic E-state index is 11.6. The maximum atomic E-state index is 11.6. The Balaban J connectivity index is 2.22. The minimum absolute atomic E-state index is 0.0179. The number of carbonyl (C=O) groups excluding carboxylic acids is 1. The van der Waals surface area contributed by atoms with Crippen molar-refractivity contribution in [3.8, 4) is 0 Å². The van der Waals surface area contributed by atoms with Gasteiger partial charge >= 0.3 is 5.97 Å². The zero-order valence-corrected chi connectivity index (χ0v) is 12.2. The lowest BCUT2D eigenvalue weighted by Gasteiger charge is -2.07. The van der Waals surface area contributed by atoms with Crippen molar-refractivity contribution in [2.75, 3.05) is 13.2 Å². The minimum atomic E-state index is -0.309. The van der Waals surface area contributed by atoms with Gasteiger partial charge in [0.25, 0.3) is 0 Å². The number of allylic oxidation sites excluding steroid dienone is 2. The molecule has 0 saturated heterocycles. The summed E-state index contributed by atoms with van der Waals surface area (Å²) in [7, 11) is 0. The second kappa shape index (κ2) is 6.17. The van der Waals surface area contributed by atoms with Crippen LogP contribution in [0.5, 0.6) is 0 Å². The van der Waals surface area contributed by atoms with E-state index in [0.717, 1.165) is 27.6 Å². The fourth-order valence-corrected chi connectivity index (χ4v) is 2.62. The van der Waals surface area contributed by atoms with Crippen LogP contribution < -0.4 is 0 Å². The largest absolute Gasteiger partial charge is 0.462 e. The molecule has 0 aliphatic heterocycles. The molecule has 0 fully saturated rings. The Morgan fingerprint density at radius 1 is 1.37 bits per heavy atom. The molecule has 0 radical (unpaired) electrons. The molecule has 3 nitrogen and oxygen atoms in total. The van der Waals surface area contributed by atoms with Crippen LogP contribution in [0.2, 0.25) is 0 Å². The summed E-state index contributed by atoms with van der Waals surface area (Å²) in [6.45, 7) is 2.17. The first-order valence-electron chi connectivity index (χ1n) is 6.12. The number of aliphatic hydroxyl groups excluding tert-OH is 1. The van der Waals surface area contributed by atoms with E-state index in [0.29, 0.717) is 12.2 Å². The van der Waals surface area contributed by atoms with Crippen molar-refractivity contribution in [3.05, 3.63) is 51.5 Å². The van der Waals surface area contributed by atoms with Gasteiger partial charge in [0.15, 0.2) is 0 Å². The normalized spacial score (nSPS) is 14.6. The van der Waals surface area contributed by atoms with Gasteiger partial charge in [-0.05, 0) is 46.3 Å². The average molecular weight is 323 g/mol. The van der Waals surface area contributed by atoms with Crippen LogP contribution in [-0.4, -0.2) is 24.3 Å². The molecule has 1 aliphatic rings. The topological polar surface area (TPSA) is 46.5 Å². The smallest absolute Gasteiger partial charge is 0.338 e. The maximum Gasteiger partial charge on any atom is 0.338 e. The number of hydrogen-bond acceptors (Lipinski definition) is 3. The molecule has 4 heteroatoms. The summed E-state index contributed by atoms with van der Waals surface area (Å²) >= 11 is 3.45. The van der Waals surface area contributed by atoms with Crippen LogP contribution in [0, 0.1) is 0 Å². The molecule has 2 rings (SSSR count). The van der Waals surface area contributed by atoms with Gasteiger partial charge < -0.3 is 9.84 Å². The number of benzene rings is 1. The number of ether oxygens (including phenoxy) is 1. The third-order valence-corrected chi connectivity index (χ3v) is 3.49. The second-order valence-corrected chi connectivity index (χ2v) is 5.25. The SMILES string of the molecule is CCOC(=O)c1ccc(C2=C(CO)C=C(Br)C2)cc1. The lowest BCUT2D eigenvalue weighted by Crippen LogP contribution is -2.04. The summed E-state index contributed by atoms with van der Waals surface area (Å²) in [5.41, 5.74) is 3.56. The van der Waals surface area contributed by atoms with E-state index in [2.05, 4.69) is 15.9 Å². The van der Waals surface area contributed by atoms with Crippen LogP contribution >= 0.6 is 15.9 Å². The summed E-state index contributed by atoms with van der Waals surface area (Å²) in [5.74, 6) is -0.309. The van der Waals surface area contributed by atoms with Gasteiger partial charge in [-0.2, -0.15) is 0 Å². The molecule has 0 saturated carbocycles. The van der Waals surface area contributed by atoms with Gasteiger partial charge in [0.1, 0.15) is 0 Å². The highest BCUT2D eigenvalue weighted by Gasteiger charge is 2.16. The molecule has 0 spiro atoms. The van der Waals surface area contributed by atoms with Crippen LogP contribution in [0.25, 0.3) is 5.57 Å². The van der Waals surface area contributed by atoms with Crippen LogP contribution in [0.3, 0.4) is 0 Å². The van der Waals surface area contributed by atoms with Crippen molar-refractivity contribution < 1.29 is 14.6 Å². The Hall–Kier alpha value is -1.39. The molecule has 1 aromatic carbocycles. The number of carbonyl (C=O) groups is 1. The van der Waals surface area contributed by atoms with Crippen molar-refractivity contribution >= 4 is 27.5 Å². The van der Waals surface area contributed by atoms with E-state index in [9.17, 15) is 9.90 Å². The Morgan fingerprint density at radius 2 is 2.05 bits per heavy atom. The molecule has 100 valence electrons. The third kappa shape index (κ3) is 3.14. The van der Waals surface area contributed by atoms with E-state index < -0.39 is 0 Å². The third-order valence-electron chi connectivity index (χ3n) is 2.98. The lowest BCUT2D eigenvalue weighted by molar-refractivity contribution is 0.0526. The molecule has 1 N–H and O–H groups in total.